The zero-order valence-electron chi connectivity index (χ0n) is 13.7. The molecule has 0 fully saturated rings. The molecular formula is C16H28N2O3. The van der Waals surface area contributed by atoms with E-state index in [1.807, 2.05) is 39.8 Å². The average molecular weight is 296 g/mol. The summed E-state index contributed by atoms with van der Waals surface area (Å²) in [6.45, 7) is 10.5. The molecule has 0 spiro atoms. The summed E-state index contributed by atoms with van der Waals surface area (Å²) in [5.74, 6) is 0.981. The van der Waals surface area contributed by atoms with Gasteiger partial charge in [0.1, 0.15) is 11.4 Å². The highest BCUT2D eigenvalue weighted by atomic mass is 16.6. The van der Waals surface area contributed by atoms with Crippen LogP contribution < -0.4 is 10.6 Å². The van der Waals surface area contributed by atoms with Crippen molar-refractivity contribution in [2.45, 2.75) is 65.1 Å². The van der Waals surface area contributed by atoms with Gasteiger partial charge in [0.2, 0.25) is 0 Å². The monoisotopic (exact) mass is 296 g/mol. The van der Waals surface area contributed by atoms with Crippen LogP contribution in [0.4, 0.5) is 4.79 Å². The third-order valence-electron chi connectivity index (χ3n) is 2.92. The van der Waals surface area contributed by atoms with Crippen LogP contribution in [0.3, 0.4) is 0 Å². The van der Waals surface area contributed by atoms with E-state index < -0.39 is 5.60 Å². The van der Waals surface area contributed by atoms with E-state index in [2.05, 4.69) is 17.6 Å². The van der Waals surface area contributed by atoms with Crippen molar-refractivity contribution < 1.29 is 13.9 Å². The minimum absolute atomic E-state index is 0.0724. The lowest BCUT2D eigenvalue weighted by atomic mass is 10.1. The number of ether oxygens (including phenoxy) is 1. The van der Waals surface area contributed by atoms with Crippen LogP contribution in [0.2, 0.25) is 0 Å². The zero-order valence-corrected chi connectivity index (χ0v) is 13.7. The van der Waals surface area contributed by atoms with E-state index in [0.717, 1.165) is 25.1 Å². The van der Waals surface area contributed by atoms with Gasteiger partial charge in [0, 0.05) is 18.5 Å². The first kappa shape index (κ1) is 17.6. The molecule has 0 bridgehead atoms. The van der Waals surface area contributed by atoms with E-state index in [1.165, 1.54) is 0 Å². The molecule has 21 heavy (non-hydrogen) atoms. The van der Waals surface area contributed by atoms with Crippen molar-refractivity contribution in [1.82, 2.24) is 10.6 Å². The summed E-state index contributed by atoms with van der Waals surface area (Å²) in [5.41, 5.74) is -0.459. The van der Waals surface area contributed by atoms with Crippen LogP contribution in [0.5, 0.6) is 0 Å². The van der Waals surface area contributed by atoms with Crippen molar-refractivity contribution in [1.29, 1.82) is 0 Å². The van der Waals surface area contributed by atoms with Crippen molar-refractivity contribution in [3.8, 4) is 0 Å². The van der Waals surface area contributed by atoms with Crippen LogP contribution in [0.15, 0.2) is 22.8 Å². The zero-order chi connectivity index (χ0) is 15.9. The van der Waals surface area contributed by atoms with Gasteiger partial charge in [-0.25, -0.2) is 4.79 Å². The number of furan rings is 1. The summed E-state index contributed by atoms with van der Waals surface area (Å²) in [4.78, 5) is 11.6. The molecule has 2 N–H and O–H groups in total. The average Bonchev–Trinajstić information content (AvgIpc) is 2.78. The van der Waals surface area contributed by atoms with Gasteiger partial charge in [0.25, 0.3) is 0 Å². The summed E-state index contributed by atoms with van der Waals surface area (Å²) in [7, 11) is 0. The van der Waals surface area contributed by atoms with Crippen LogP contribution in [0.1, 0.15) is 46.8 Å². The third-order valence-corrected chi connectivity index (χ3v) is 2.92. The number of hydrogen-bond donors (Lipinski definition) is 2. The van der Waals surface area contributed by atoms with E-state index in [9.17, 15) is 4.79 Å². The fourth-order valence-corrected chi connectivity index (χ4v) is 1.93. The first-order valence-electron chi connectivity index (χ1n) is 7.51. The van der Waals surface area contributed by atoms with Crippen molar-refractivity contribution in [2.24, 2.45) is 0 Å². The number of carbonyl (C=O) groups is 1. The predicted octanol–water partition coefficient (Wildman–Crippen LogP) is 3.10. The molecule has 0 aliphatic carbocycles. The summed E-state index contributed by atoms with van der Waals surface area (Å²) in [6.07, 6.45) is 3.04. The fraction of sp³-hybridized carbons (Fsp3) is 0.688. The normalized spacial score (nSPS) is 14.5. The molecule has 2 unspecified atom stereocenters. The standard InChI is InChI=1S/C16H28N2O3/c1-12(18-15(19)21-16(3,4)5)8-9-17-13(2)11-14-7-6-10-20-14/h6-7,10,12-13,17H,8-9,11H2,1-5H3,(H,18,19). The number of carbonyl (C=O) groups excluding carboxylic acids is 1. The third kappa shape index (κ3) is 8.40. The number of amides is 1. The lowest BCUT2D eigenvalue weighted by molar-refractivity contribution is 0.0506. The van der Waals surface area contributed by atoms with Crippen molar-refractivity contribution in [3.05, 3.63) is 24.2 Å². The van der Waals surface area contributed by atoms with E-state index in [-0.39, 0.29) is 12.1 Å². The van der Waals surface area contributed by atoms with Crippen LogP contribution >= 0.6 is 0 Å². The lowest BCUT2D eigenvalue weighted by Crippen LogP contribution is -2.40. The molecule has 5 nitrogen and oxygen atoms in total. The van der Waals surface area contributed by atoms with Crippen LogP contribution in [-0.4, -0.2) is 30.3 Å². The van der Waals surface area contributed by atoms with Gasteiger partial charge in [-0.15, -0.1) is 0 Å². The fourth-order valence-electron chi connectivity index (χ4n) is 1.93. The highest BCUT2D eigenvalue weighted by Gasteiger charge is 2.17. The van der Waals surface area contributed by atoms with Gasteiger partial charge in [-0.3, -0.25) is 0 Å². The number of nitrogens with one attached hydrogen (secondary N) is 2. The van der Waals surface area contributed by atoms with E-state index in [4.69, 9.17) is 9.15 Å². The Morgan fingerprint density at radius 3 is 2.62 bits per heavy atom. The molecule has 1 amide bonds. The molecule has 0 aliphatic rings. The number of alkyl carbamates (subject to hydrolysis) is 1. The van der Waals surface area contributed by atoms with Crippen LogP contribution in [0, 0.1) is 0 Å². The molecule has 1 rings (SSSR count). The largest absolute Gasteiger partial charge is 0.469 e. The summed E-state index contributed by atoms with van der Waals surface area (Å²) < 4.78 is 10.5. The predicted molar refractivity (Wildman–Crippen MR) is 83.3 cm³/mol. The molecular weight excluding hydrogens is 268 g/mol. The first-order chi connectivity index (χ1) is 9.76. The molecule has 1 aromatic rings. The van der Waals surface area contributed by atoms with E-state index in [0.29, 0.717) is 6.04 Å². The van der Waals surface area contributed by atoms with Crippen molar-refractivity contribution >= 4 is 6.09 Å². The molecule has 1 aromatic heterocycles. The maximum absolute atomic E-state index is 11.6. The Bertz CT molecular complexity index is 410. The van der Waals surface area contributed by atoms with Gasteiger partial charge in [-0.05, 0) is 59.7 Å². The Balaban J connectivity index is 2.15. The summed E-state index contributed by atoms with van der Waals surface area (Å²) in [5, 5.41) is 6.26. The molecule has 0 aromatic carbocycles. The summed E-state index contributed by atoms with van der Waals surface area (Å²) >= 11 is 0. The Morgan fingerprint density at radius 1 is 1.33 bits per heavy atom. The Labute approximate surface area is 127 Å². The Hall–Kier alpha value is -1.49. The Kier molecular flexibility index (Phi) is 6.75. The van der Waals surface area contributed by atoms with E-state index in [1.54, 1.807) is 6.26 Å². The number of rotatable bonds is 7. The Morgan fingerprint density at radius 2 is 2.05 bits per heavy atom. The highest BCUT2D eigenvalue weighted by molar-refractivity contribution is 5.67. The van der Waals surface area contributed by atoms with Gasteiger partial charge in [0.05, 0.1) is 6.26 Å². The second-order valence-electron chi connectivity index (χ2n) is 6.47. The molecule has 0 aliphatic heterocycles. The summed E-state index contributed by atoms with van der Waals surface area (Å²) in [6, 6.07) is 4.28. The van der Waals surface area contributed by atoms with Crippen LogP contribution in [-0.2, 0) is 11.2 Å². The highest BCUT2D eigenvalue weighted by Crippen LogP contribution is 2.07. The molecule has 0 saturated heterocycles. The topological polar surface area (TPSA) is 63.5 Å². The molecule has 120 valence electrons. The smallest absolute Gasteiger partial charge is 0.407 e. The van der Waals surface area contributed by atoms with Crippen molar-refractivity contribution in [2.75, 3.05) is 6.54 Å². The maximum atomic E-state index is 11.6. The number of hydrogen-bond acceptors (Lipinski definition) is 4. The first-order valence-corrected chi connectivity index (χ1v) is 7.51. The van der Waals surface area contributed by atoms with Gasteiger partial charge in [0.15, 0.2) is 0 Å². The SMILES string of the molecule is CC(Cc1ccco1)NCCC(C)NC(=O)OC(C)(C)C. The minimum atomic E-state index is -0.459. The van der Waals surface area contributed by atoms with Gasteiger partial charge >= 0.3 is 6.09 Å². The minimum Gasteiger partial charge on any atom is -0.469 e. The molecule has 2 atom stereocenters. The van der Waals surface area contributed by atoms with Gasteiger partial charge in [-0.1, -0.05) is 0 Å². The maximum Gasteiger partial charge on any atom is 0.407 e. The molecule has 1 heterocycles. The van der Waals surface area contributed by atoms with Gasteiger partial charge in [-0.2, -0.15) is 0 Å². The van der Waals surface area contributed by atoms with Gasteiger partial charge < -0.3 is 19.8 Å². The van der Waals surface area contributed by atoms with Crippen LogP contribution in [0.25, 0.3) is 0 Å². The lowest BCUT2D eigenvalue weighted by Gasteiger charge is -2.22. The second kappa shape index (κ2) is 8.08. The van der Waals surface area contributed by atoms with Crippen molar-refractivity contribution in [3.63, 3.8) is 0 Å². The molecule has 0 radical (unpaired) electrons. The molecule has 5 heteroatoms. The molecule has 0 saturated carbocycles. The van der Waals surface area contributed by atoms with E-state index >= 15 is 0 Å². The quantitative estimate of drug-likeness (QED) is 0.811. The second-order valence-corrected chi connectivity index (χ2v) is 6.47.